The largest absolute Gasteiger partial charge is 0.492 e. The highest BCUT2D eigenvalue weighted by Crippen LogP contribution is 2.17. The number of carbonyl (C=O) groups is 1. The fourth-order valence-corrected chi connectivity index (χ4v) is 2.24. The monoisotopic (exact) mass is 342 g/mol. The Hall–Kier alpha value is -1.07. The molecule has 0 aliphatic carbocycles. The summed E-state index contributed by atoms with van der Waals surface area (Å²) in [5.74, 6) is 1.00. The van der Waals surface area contributed by atoms with Crippen molar-refractivity contribution in [3.8, 4) is 5.75 Å². The maximum absolute atomic E-state index is 11.9. The van der Waals surface area contributed by atoms with E-state index in [-0.39, 0.29) is 5.91 Å². The zero-order chi connectivity index (χ0) is 15.0. The Morgan fingerprint density at radius 1 is 1.30 bits per heavy atom. The minimum Gasteiger partial charge on any atom is -0.492 e. The number of carbonyl (C=O) groups excluding carboxylic acids is 1. The highest BCUT2D eigenvalue weighted by atomic mass is 79.9. The van der Waals surface area contributed by atoms with Crippen molar-refractivity contribution in [2.24, 2.45) is 0 Å². The maximum atomic E-state index is 11.9. The molecule has 1 rings (SSSR count). The van der Waals surface area contributed by atoms with Gasteiger partial charge in [0.2, 0.25) is 5.91 Å². The molecule has 0 bridgehead atoms. The molecule has 0 saturated carbocycles. The standard InChI is InChI=1S/C15H23BrN2O2/c1-4-18(5-2)15(19)12-17(3)9-10-20-14-8-6-7-13(16)11-14/h6-8,11H,4-5,9-10,12H2,1-3H3. The van der Waals surface area contributed by atoms with E-state index in [9.17, 15) is 4.79 Å². The highest BCUT2D eigenvalue weighted by Gasteiger charge is 2.12. The van der Waals surface area contributed by atoms with Crippen LogP contribution in [0, 0.1) is 0 Å². The van der Waals surface area contributed by atoms with Gasteiger partial charge < -0.3 is 9.64 Å². The first-order valence-electron chi connectivity index (χ1n) is 6.91. The third kappa shape index (κ3) is 5.92. The van der Waals surface area contributed by atoms with Gasteiger partial charge >= 0.3 is 0 Å². The van der Waals surface area contributed by atoms with Gasteiger partial charge in [0.05, 0.1) is 6.54 Å². The lowest BCUT2D eigenvalue weighted by atomic mass is 10.3. The van der Waals surface area contributed by atoms with E-state index in [1.807, 2.05) is 55.0 Å². The van der Waals surface area contributed by atoms with E-state index in [0.717, 1.165) is 29.9 Å². The van der Waals surface area contributed by atoms with Crippen molar-refractivity contribution in [1.82, 2.24) is 9.80 Å². The van der Waals surface area contributed by atoms with Gasteiger partial charge in [-0.1, -0.05) is 22.0 Å². The molecule has 1 aromatic carbocycles. The van der Waals surface area contributed by atoms with Crippen LogP contribution in [0.3, 0.4) is 0 Å². The van der Waals surface area contributed by atoms with E-state index in [4.69, 9.17) is 4.74 Å². The molecule has 20 heavy (non-hydrogen) atoms. The van der Waals surface area contributed by atoms with Gasteiger partial charge in [-0.25, -0.2) is 0 Å². The zero-order valence-electron chi connectivity index (χ0n) is 12.4. The number of halogens is 1. The highest BCUT2D eigenvalue weighted by molar-refractivity contribution is 9.10. The van der Waals surface area contributed by atoms with Crippen LogP contribution < -0.4 is 4.74 Å². The summed E-state index contributed by atoms with van der Waals surface area (Å²) in [6, 6.07) is 7.75. The molecule has 0 fully saturated rings. The van der Waals surface area contributed by atoms with E-state index in [0.29, 0.717) is 13.2 Å². The number of nitrogens with zero attached hydrogens (tertiary/aromatic N) is 2. The maximum Gasteiger partial charge on any atom is 0.236 e. The molecular weight excluding hydrogens is 320 g/mol. The molecule has 0 aliphatic rings. The average Bonchev–Trinajstić information content (AvgIpc) is 2.40. The number of hydrogen-bond acceptors (Lipinski definition) is 3. The normalized spacial score (nSPS) is 10.7. The van der Waals surface area contributed by atoms with Crippen molar-refractivity contribution in [1.29, 1.82) is 0 Å². The molecule has 1 amide bonds. The Bertz CT molecular complexity index is 422. The van der Waals surface area contributed by atoms with Gasteiger partial charge in [0.15, 0.2) is 0 Å². The Kier molecular flexibility index (Phi) is 7.62. The molecule has 0 radical (unpaired) electrons. The topological polar surface area (TPSA) is 32.8 Å². The molecule has 0 heterocycles. The summed E-state index contributed by atoms with van der Waals surface area (Å²) in [6.07, 6.45) is 0. The molecule has 112 valence electrons. The van der Waals surface area contributed by atoms with Gasteiger partial charge in [-0.05, 0) is 39.1 Å². The predicted octanol–water partition coefficient (Wildman–Crippen LogP) is 2.63. The number of rotatable bonds is 8. The molecule has 0 spiro atoms. The van der Waals surface area contributed by atoms with E-state index in [1.54, 1.807) is 0 Å². The van der Waals surface area contributed by atoms with Crippen LogP contribution in [-0.2, 0) is 4.79 Å². The molecule has 1 aromatic rings. The smallest absolute Gasteiger partial charge is 0.236 e. The number of likely N-dealkylation sites (N-methyl/N-ethyl adjacent to an activating group) is 2. The molecule has 0 N–H and O–H groups in total. The number of benzene rings is 1. The van der Waals surface area contributed by atoms with E-state index < -0.39 is 0 Å². The van der Waals surface area contributed by atoms with Crippen LogP contribution in [0.15, 0.2) is 28.7 Å². The molecular formula is C15H23BrN2O2. The molecule has 5 heteroatoms. The third-order valence-corrected chi connectivity index (χ3v) is 3.55. The molecule has 0 aromatic heterocycles. The Balaban J connectivity index is 2.29. The summed E-state index contributed by atoms with van der Waals surface area (Å²) >= 11 is 3.41. The fourth-order valence-electron chi connectivity index (χ4n) is 1.86. The van der Waals surface area contributed by atoms with Crippen molar-refractivity contribution in [2.75, 3.05) is 39.8 Å². The molecule has 0 saturated heterocycles. The van der Waals surface area contributed by atoms with Gasteiger partial charge in [0, 0.05) is 24.1 Å². The Morgan fingerprint density at radius 3 is 2.60 bits per heavy atom. The summed E-state index contributed by atoms with van der Waals surface area (Å²) in [4.78, 5) is 15.8. The van der Waals surface area contributed by atoms with Crippen LogP contribution >= 0.6 is 15.9 Å². The van der Waals surface area contributed by atoms with Crippen LogP contribution in [-0.4, -0.2) is 55.5 Å². The number of hydrogen-bond donors (Lipinski definition) is 0. The first-order chi connectivity index (χ1) is 9.56. The Morgan fingerprint density at radius 2 is 2.00 bits per heavy atom. The molecule has 0 unspecified atom stereocenters. The lowest BCUT2D eigenvalue weighted by molar-refractivity contribution is -0.131. The Labute approximate surface area is 129 Å². The number of amides is 1. The summed E-state index contributed by atoms with van der Waals surface area (Å²) in [5, 5.41) is 0. The van der Waals surface area contributed by atoms with Crippen LogP contribution in [0.25, 0.3) is 0 Å². The molecule has 0 aliphatic heterocycles. The summed E-state index contributed by atoms with van der Waals surface area (Å²) in [5.41, 5.74) is 0. The lowest BCUT2D eigenvalue weighted by Gasteiger charge is -2.23. The quantitative estimate of drug-likeness (QED) is 0.728. The van der Waals surface area contributed by atoms with E-state index in [1.165, 1.54) is 0 Å². The van der Waals surface area contributed by atoms with Crippen molar-refractivity contribution in [3.05, 3.63) is 28.7 Å². The van der Waals surface area contributed by atoms with Crippen molar-refractivity contribution in [2.45, 2.75) is 13.8 Å². The summed E-state index contributed by atoms with van der Waals surface area (Å²) in [6.45, 7) is 7.24. The molecule has 4 nitrogen and oxygen atoms in total. The van der Waals surface area contributed by atoms with Crippen LogP contribution in [0.2, 0.25) is 0 Å². The average molecular weight is 343 g/mol. The van der Waals surface area contributed by atoms with Gasteiger partial charge in [0.1, 0.15) is 12.4 Å². The van der Waals surface area contributed by atoms with Crippen molar-refractivity contribution in [3.63, 3.8) is 0 Å². The predicted molar refractivity (Wildman–Crippen MR) is 85.1 cm³/mol. The van der Waals surface area contributed by atoms with E-state index in [2.05, 4.69) is 15.9 Å². The number of ether oxygens (including phenoxy) is 1. The first-order valence-corrected chi connectivity index (χ1v) is 7.70. The van der Waals surface area contributed by atoms with E-state index >= 15 is 0 Å². The van der Waals surface area contributed by atoms with Crippen LogP contribution in [0.4, 0.5) is 0 Å². The second-order valence-electron chi connectivity index (χ2n) is 4.61. The fraction of sp³-hybridized carbons (Fsp3) is 0.533. The zero-order valence-corrected chi connectivity index (χ0v) is 14.0. The third-order valence-electron chi connectivity index (χ3n) is 3.06. The lowest BCUT2D eigenvalue weighted by Crippen LogP contribution is -2.39. The summed E-state index contributed by atoms with van der Waals surface area (Å²) in [7, 11) is 1.94. The van der Waals surface area contributed by atoms with Crippen molar-refractivity contribution < 1.29 is 9.53 Å². The van der Waals surface area contributed by atoms with Crippen molar-refractivity contribution >= 4 is 21.8 Å². The van der Waals surface area contributed by atoms with Crippen LogP contribution in [0.1, 0.15) is 13.8 Å². The SMILES string of the molecule is CCN(CC)C(=O)CN(C)CCOc1cccc(Br)c1. The minimum atomic E-state index is 0.167. The first kappa shape index (κ1) is 17.0. The second kappa shape index (κ2) is 8.97. The van der Waals surface area contributed by atoms with Gasteiger partial charge in [-0.15, -0.1) is 0 Å². The van der Waals surface area contributed by atoms with Gasteiger partial charge in [0.25, 0.3) is 0 Å². The van der Waals surface area contributed by atoms with Gasteiger partial charge in [-0.2, -0.15) is 0 Å². The minimum absolute atomic E-state index is 0.167. The van der Waals surface area contributed by atoms with Gasteiger partial charge in [-0.3, -0.25) is 9.69 Å². The second-order valence-corrected chi connectivity index (χ2v) is 5.53. The summed E-state index contributed by atoms with van der Waals surface area (Å²) < 4.78 is 6.66. The molecule has 0 atom stereocenters. The van der Waals surface area contributed by atoms with Crippen LogP contribution in [0.5, 0.6) is 5.75 Å².